The number of esters is 1. The molecule has 28 heavy (non-hydrogen) atoms. The standard InChI is InChI=1S/C19H15BrFN3O4/c1-10-3-5-12-17(26)13(19(27)28-2)8-24(18(12)22-10)9-16(25)23-15-6-4-11(20)7-14(15)21/h3-8H,9H2,1-2H3,(H,23,25). The highest BCUT2D eigenvalue weighted by atomic mass is 79.9. The van der Waals surface area contributed by atoms with Crippen LogP contribution in [0.4, 0.5) is 10.1 Å². The quantitative estimate of drug-likeness (QED) is 0.620. The SMILES string of the molecule is COC(=O)c1cn(CC(=O)Nc2ccc(Br)cc2F)c2nc(C)ccc2c1=O. The highest BCUT2D eigenvalue weighted by Gasteiger charge is 2.18. The normalized spacial score (nSPS) is 10.7. The first kappa shape index (κ1) is 19.7. The molecule has 9 heteroatoms. The number of hydrogen-bond donors (Lipinski definition) is 1. The molecule has 0 aliphatic rings. The number of benzene rings is 1. The van der Waals surface area contributed by atoms with Crippen LogP contribution in [0, 0.1) is 12.7 Å². The number of anilines is 1. The smallest absolute Gasteiger partial charge is 0.343 e. The third kappa shape index (κ3) is 3.94. The number of halogens is 2. The van der Waals surface area contributed by atoms with E-state index in [1.807, 2.05) is 0 Å². The summed E-state index contributed by atoms with van der Waals surface area (Å²) in [5, 5.41) is 2.64. The second-order valence-electron chi connectivity index (χ2n) is 5.99. The van der Waals surface area contributed by atoms with Crippen LogP contribution in [0.25, 0.3) is 11.0 Å². The maximum Gasteiger partial charge on any atom is 0.343 e. The Bertz CT molecular complexity index is 1160. The van der Waals surface area contributed by atoms with Crippen LogP contribution in [0.15, 0.2) is 45.8 Å². The van der Waals surface area contributed by atoms with Gasteiger partial charge in [-0.3, -0.25) is 9.59 Å². The van der Waals surface area contributed by atoms with Crippen LogP contribution in [0.3, 0.4) is 0 Å². The lowest BCUT2D eigenvalue weighted by atomic mass is 10.2. The third-order valence-corrected chi connectivity index (χ3v) is 4.48. The maximum atomic E-state index is 14.0. The summed E-state index contributed by atoms with van der Waals surface area (Å²) in [6.45, 7) is 1.45. The number of nitrogens with one attached hydrogen (secondary N) is 1. The van der Waals surface area contributed by atoms with Gasteiger partial charge in [0.15, 0.2) is 0 Å². The van der Waals surface area contributed by atoms with Crippen LogP contribution < -0.4 is 10.7 Å². The fourth-order valence-corrected chi connectivity index (χ4v) is 3.00. The van der Waals surface area contributed by atoms with E-state index < -0.39 is 23.1 Å². The monoisotopic (exact) mass is 447 g/mol. The first-order valence-corrected chi connectivity index (χ1v) is 8.93. The van der Waals surface area contributed by atoms with Gasteiger partial charge in [-0.05, 0) is 37.3 Å². The number of methoxy groups -OCH3 is 1. The largest absolute Gasteiger partial charge is 0.465 e. The molecule has 2 heterocycles. The first-order valence-electron chi connectivity index (χ1n) is 8.14. The number of hydrogen-bond acceptors (Lipinski definition) is 5. The summed E-state index contributed by atoms with van der Waals surface area (Å²) in [5.74, 6) is -1.97. The van der Waals surface area contributed by atoms with Crippen LogP contribution in [-0.2, 0) is 16.1 Å². The Morgan fingerprint density at radius 3 is 2.71 bits per heavy atom. The van der Waals surface area contributed by atoms with Gasteiger partial charge in [-0.15, -0.1) is 0 Å². The highest BCUT2D eigenvalue weighted by Crippen LogP contribution is 2.19. The summed E-state index contributed by atoms with van der Waals surface area (Å²) in [7, 11) is 1.16. The number of carbonyl (C=O) groups excluding carboxylic acids is 2. The maximum absolute atomic E-state index is 14.0. The number of carbonyl (C=O) groups is 2. The first-order chi connectivity index (χ1) is 13.3. The van der Waals surface area contributed by atoms with Gasteiger partial charge in [0.05, 0.1) is 18.2 Å². The van der Waals surface area contributed by atoms with Crippen molar-refractivity contribution in [3.05, 3.63) is 68.3 Å². The number of pyridine rings is 2. The molecule has 2 aromatic heterocycles. The number of rotatable bonds is 4. The van der Waals surface area contributed by atoms with Crippen molar-refractivity contribution >= 4 is 44.5 Å². The molecule has 0 bridgehead atoms. The number of amides is 1. The minimum Gasteiger partial charge on any atom is -0.465 e. The van der Waals surface area contributed by atoms with Crippen molar-refractivity contribution in [2.45, 2.75) is 13.5 Å². The lowest BCUT2D eigenvalue weighted by Crippen LogP contribution is -2.25. The van der Waals surface area contributed by atoms with Crippen LogP contribution in [0.5, 0.6) is 0 Å². The summed E-state index contributed by atoms with van der Waals surface area (Å²) in [5.41, 5.74) is 0.124. The molecule has 1 aromatic carbocycles. The summed E-state index contributed by atoms with van der Waals surface area (Å²) < 4.78 is 20.5. The van der Waals surface area contributed by atoms with E-state index >= 15 is 0 Å². The Balaban J connectivity index is 2.02. The Morgan fingerprint density at radius 2 is 2.04 bits per heavy atom. The van der Waals surface area contributed by atoms with Crippen molar-refractivity contribution in [2.24, 2.45) is 0 Å². The van der Waals surface area contributed by atoms with Gasteiger partial charge in [0.25, 0.3) is 0 Å². The lowest BCUT2D eigenvalue weighted by molar-refractivity contribution is -0.116. The van der Waals surface area contributed by atoms with Gasteiger partial charge in [-0.1, -0.05) is 15.9 Å². The average molecular weight is 448 g/mol. The fraction of sp³-hybridized carbons (Fsp3) is 0.158. The summed E-state index contributed by atoms with van der Waals surface area (Å²) in [6.07, 6.45) is 1.22. The molecule has 1 amide bonds. The van der Waals surface area contributed by atoms with Gasteiger partial charge in [0.1, 0.15) is 23.6 Å². The summed E-state index contributed by atoms with van der Waals surface area (Å²) in [4.78, 5) is 41.2. The minimum absolute atomic E-state index is 0.0101. The van der Waals surface area contributed by atoms with E-state index in [2.05, 4.69) is 31.0 Å². The molecular formula is C19H15BrFN3O4. The van der Waals surface area contributed by atoms with Gasteiger partial charge >= 0.3 is 5.97 Å². The van der Waals surface area contributed by atoms with Crippen molar-refractivity contribution in [3.63, 3.8) is 0 Å². The zero-order valence-corrected chi connectivity index (χ0v) is 16.5. The molecule has 0 fully saturated rings. The van der Waals surface area contributed by atoms with Crippen molar-refractivity contribution in [1.29, 1.82) is 0 Å². The highest BCUT2D eigenvalue weighted by molar-refractivity contribution is 9.10. The van der Waals surface area contributed by atoms with Crippen molar-refractivity contribution < 1.29 is 18.7 Å². The van der Waals surface area contributed by atoms with Crippen molar-refractivity contribution in [2.75, 3.05) is 12.4 Å². The Morgan fingerprint density at radius 1 is 1.29 bits per heavy atom. The second-order valence-corrected chi connectivity index (χ2v) is 6.90. The molecule has 0 radical (unpaired) electrons. The molecule has 1 N–H and O–H groups in total. The van der Waals surface area contributed by atoms with Crippen molar-refractivity contribution in [3.8, 4) is 0 Å². The number of aromatic nitrogens is 2. The van der Waals surface area contributed by atoms with Crippen LogP contribution in [0.2, 0.25) is 0 Å². The Labute approximate surface area is 167 Å². The van der Waals surface area contributed by atoms with Crippen LogP contribution in [0.1, 0.15) is 16.1 Å². The van der Waals surface area contributed by atoms with Gasteiger partial charge in [0, 0.05) is 16.4 Å². The number of fused-ring (bicyclic) bond motifs is 1. The van der Waals surface area contributed by atoms with E-state index in [1.165, 1.54) is 29.0 Å². The van der Waals surface area contributed by atoms with Gasteiger partial charge in [0.2, 0.25) is 11.3 Å². The summed E-state index contributed by atoms with van der Waals surface area (Å²) in [6, 6.07) is 7.41. The molecule has 0 saturated carbocycles. The molecule has 0 unspecified atom stereocenters. The molecule has 0 atom stereocenters. The average Bonchev–Trinajstić information content (AvgIpc) is 2.65. The molecule has 7 nitrogen and oxygen atoms in total. The van der Waals surface area contributed by atoms with E-state index in [9.17, 15) is 18.8 Å². The topological polar surface area (TPSA) is 90.3 Å². The van der Waals surface area contributed by atoms with Crippen molar-refractivity contribution in [1.82, 2.24) is 9.55 Å². The minimum atomic E-state index is -0.819. The zero-order chi connectivity index (χ0) is 20.4. The lowest BCUT2D eigenvalue weighted by Gasteiger charge is -2.13. The molecule has 0 aliphatic heterocycles. The molecular weight excluding hydrogens is 433 g/mol. The molecule has 0 saturated heterocycles. The summed E-state index contributed by atoms with van der Waals surface area (Å²) >= 11 is 3.15. The predicted molar refractivity (Wildman–Crippen MR) is 105 cm³/mol. The van der Waals surface area contributed by atoms with Gasteiger partial charge in [-0.2, -0.15) is 0 Å². The number of nitrogens with zero attached hydrogens (tertiary/aromatic N) is 2. The third-order valence-electron chi connectivity index (χ3n) is 3.99. The molecule has 144 valence electrons. The second kappa shape index (κ2) is 7.89. The van der Waals surface area contributed by atoms with Crippen LogP contribution in [-0.4, -0.2) is 28.5 Å². The fourth-order valence-electron chi connectivity index (χ4n) is 2.67. The number of aryl methyl sites for hydroxylation is 1. The van der Waals surface area contributed by atoms with E-state index in [-0.39, 0.29) is 28.8 Å². The Hall–Kier alpha value is -3.07. The van der Waals surface area contributed by atoms with E-state index in [0.29, 0.717) is 10.2 Å². The predicted octanol–water partition coefficient (Wildman–Crippen LogP) is 3.03. The van der Waals surface area contributed by atoms with Gasteiger partial charge < -0.3 is 14.6 Å². The molecule has 3 rings (SSSR count). The van der Waals surface area contributed by atoms with Gasteiger partial charge in [-0.25, -0.2) is 14.2 Å². The van der Waals surface area contributed by atoms with Crippen LogP contribution >= 0.6 is 15.9 Å². The zero-order valence-electron chi connectivity index (χ0n) is 15.0. The van der Waals surface area contributed by atoms with E-state index in [0.717, 1.165) is 7.11 Å². The number of ether oxygens (including phenoxy) is 1. The van der Waals surface area contributed by atoms with E-state index in [4.69, 9.17) is 0 Å². The molecule has 0 spiro atoms. The van der Waals surface area contributed by atoms with E-state index in [1.54, 1.807) is 19.1 Å². The molecule has 3 aromatic rings. The Kier molecular flexibility index (Phi) is 5.55. The molecule has 0 aliphatic carbocycles.